The number of hydrogen-bond donors (Lipinski definition) is 1. The summed E-state index contributed by atoms with van der Waals surface area (Å²) in [4.78, 5) is 26.7. The second-order valence-electron chi connectivity index (χ2n) is 8.98. The van der Waals surface area contributed by atoms with E-state index in [0.717, 1.165) is 50.1 Å². The number of nitrogens with zero attached hydrogens (tertiary/aromatic N) is 1. The molecule has 2 aromatic carbocycles. The summed E-state index contributed by atoms with van der Waals surface area (Å²) in [5.74, 6) is -1.10. The molecule has 1 N–H and O–H groups in total. The topological polar surface area (TPSA) is 76.1 Å². The van der Waals surface area contributed by atoms with Crippen molar-refractivity contribution in [2.75, 3.05) is 26.3 Å². The van der Waals surface area contributed by atoms with Gasteiger partial charge in [0.25, 0.3) is 0 Å². The molecule has 33 heavy (non-hydrogen) atoms. The lowest BCUT2D eigenvalue weighted by Crippen LogP contribution is -2.66. The first kappa shape index (κ1) is 23.3. The van der Waals surface area contributed by atoms with Crippen LogP contribution in [-0.4, -0.2) is 53.8 Å². The van der Waals surface area contributed by atoms with Gasteiger partial charge in [-0.1, -0.05) is 48.5 Å². The van der Waals surface area contributed by atoms with Crippen molar-refractivity contribution >= 4 is 11.9 Å². The third kappa shape index (κ3) is 5.22. The molecule has 0 amide bonds. The summed E-state index contributed by atoms with van der Waals surface area (Å²) in [6, 6.07) is 18.4. The van der Waals surface area contributed by atoms with E-state index in [0.29, 0.717) is 25.9 Å². The van der Waals surface area contributed by atoms with Crippen molar-refractivity contribution in [2.24, 2.45) is 5.92 Å². The fourth-order valence-electron chi connectivity index (χ4n) is 5.06. The van der Waals surface area contributed by atoms with E-state index in [-0.39, 0.29) is 12.6 Å². The van der Waals surface area contributed by atoms with E-state index in [9.17, 15) is 14.7 Å². The average Bonchev–Trinajstić information content (AvgIpc) is 3.33. The van der Waals surface area contributed by atoms with Gasteiger partial charge in [0, 0.05) is 6.42 Å². The van der Waals surface area contributed by atoms with Gasteiger partial charge in [-0.2, -0.15) is 0 Å². The first-order valence-electron chi connectivity index (χ1n) is 12.0. The van der Waals surface area contributed by atoms with Crippen molar-refractivity contribution in [1.29, 1.82) is 0 Å². The molecule has 2 fully saturated rings. The van der Waals surface area contributed by atoms with Gasteiger partial charge in [0.1, 0.15) is 11.3 Å². The Morgan fingerprint density at radius 3 is 2.39 bits per heavy atom. The molecule has 0 radical (unpaired) electrons. The van der Waals surface area contributed by atoms with E-state index >= 15 is 0 Å². The van der Waals surface area contributed by atoms with Gasteiger partial charge >= 0.3 is 11.9 Å². The molecule has 1 aliphatic carbocycles. The van der Waals surface area contributed by atoms with Crippen molar-refractivity contribution in [3.63, 3.8) is 0 Å². The summed E-state index contributed by atoms with van der Waals surface area (Å²) in [5, 5.41) is 9.60. The SMILES string of the molecule is O=C(O)C1CCC1(C(=O)OCCCOc1ccccc1CCc1ccccc1)N1CCCC1. The third-order valence-electron chi connectivity index (χ3n) is 6.99. The van der Waals surface area contributed by atoms with Crippen LogP contribution in [0.15, 0.2) is 54.6 Å². The fourth-order valence-corrected chi connectivity index (χ4v) is 5.06. The standard InChI is InChI=1S/C27H33NO5/c29-25(30)23-15-16-27(23,28-17-6-7-18-28)26(31)33-20-8-19-32-24-12-5-4-11-22(24)14-13-21-9-2-1-3-10-21/h1-5,9-12,23H,6-8,13-20H2,(H,29,30). The monoisotopic (exact) mass is 451 g/mol. The molecular weight excluding hydrogens is 418 g/mol. The minimum absolute atomic E-state index is 0.229. The number of carbonyl (C=O) groups excluding carboxylic acids is 1. The highest BCUT2D eigenvalue weighted by molar-refractivity contribution is 5.90. The summed E-state index contributed by atoms with van der Waals surface area (Å²) in [5.41, 5.74) is 1.47. The fraction of sp³-hybridized carbons (Fsp3) is 0.481. The molecule has 1 saturated carbocycles. The third-order valence-corrected chi connectivity index (χ3v) is 6.99. The number of para-hydroxylation sites is 1. The smallest absolute Gasteiger partial charge is 0.327 e. The molecule has 0 bridgehead atoms. The van der Waals surface area contributed by atoms with Gasteiger partial charge in [-0.05, 0) is 68.8 Å². The van der Waals surface area contributed by atoms with Crippen LogP contribution < -0.4 is 4.74 Å². The molecule has 1 aliphatic heterocycles. The van der Waals surface area contributed by atoms with Gasteiger partial charge in [-0.15, -0.1) is 0 Å². The number of hydrogen-bond acceptors (Lipinski definition) is 5. The quantitative estimate of drug-likeness (QED) is 0.409. The second kappa shape index (κ2) is 10.8. The summed E-state index contributed by atoms with van der Waals surface area (Å²) < 4.78 is 11.6. The highest BCUT2D eigenvalue weighted by Gasteiger charge is 2.61. The van der Waals surface area contributed by atoms with Crippen molar-refractivity contribution in [3.8, 4) is 5.75 Å². The Morgan fingerprint density at radius 2 is 1.70 bits per heavy atom. The van der Waals surface area contributed by atoms with Crippen LogP contribution in [0.2, 0.25) is 0 Å². The minimum Gasteiger partial charge on any atom is -0.493 e. The van der Waals surface area contributed by atoms with E-state index in [1.54, 1.807) is 0 Å². The number of ether oxygens (including phenoxy) is 2. The Morgan fingerprint density at radius 1 is 0.970 bits per heavy atom. The zero-order valence-electron chi connectivity index (χ0n) is 19.1. The van der Waals surface area contributed by atoms with Crippen molar-refractivity contribution < 1.29 is 24.2 Å². The van der Waals surface area contributed by atoms with E-state index in [1.165, 1.54) is 5.56 Å². The van der Waals surface area contributed by atoms with Gasteiger partial charge in [-0.25, -0.2) is 0 Å². The highest BCUT2D eigenvalue weighted by atomic mass is 16.5. The minimum atomic E-state index is -0.979. The van der Waals surface area contributed by atoms with Crippen LogP contribution >= 0.6 is 0 Å². The van der Waals surface area contributed by atoms with E-state index in [2.05, 4.69) is 30.3 Å². The van der Waals surface area contributed by atoms with Crippen molar-refractivity contribution in [1.82, 2.24) is 4.90 Å². The lowest BCUT2D eigenvalue weighted by Gasteiger charge is -2.50. The van der Waals surface area contributed by atoms with E-state index in [1.807, 2.05) is 29.2 Å². The summed E-state index contributed by atoms with van der Waals surface area (Å²) >= 11 is 0. The predicted octanol–water partition coefficient (Wildman–Crippen LogP) is 4.11. The lowest BCUT2D eigenvalue weighted by atomic mass is 9.65. The van der Waals surface area contributed by atoms with Gasteiger partial charge < -0.3 is 14.6 Å². The highest BCUT2D eigenvalue weighted by Crippen LogP contribution is 2.46. The largest absolute Gasteiger partial charge is 0.493 e. The maximum atomic E-state index is 13.0. The Hall–Kier alpha value is -2.86. The van der Waals surface area contributed by atoms with Gasteiger partial charge in [-0.3, -0.25) is 14.5 Å². The number of aryl methyl sites for hydroxylation is 2. The molecule has 6 heteroatoms. The summed E-state index contributed by atoms with van der Waals surface area (Å²) in [6.07, 6.45) is 5.49. The molecule has 176 valence electrons. The summed E-state index contributed by atoms with van der Waals surface area (Å²) in [6.45, 7) is 2.20. The zero-order valence-corrected chi connectivity index (χ0v) is 19.1. The van der Waals surface area contributed by atoms with Gasteiger partial charge in [0.05, 0.1) is 19.1 Å². The van der Waals surface area contributed by atoms with Crippen LogP contribution in [0.5, 0.6) is 5.75 Å². The maximum absolute atomic E-state index is 13.0. The normalized spacial score (nSPS) is 22.5. The number of benzene rings is 2. The molecule has 6 nitrogen and oxygen atoms in total. The molecule has 2 unspecified atom stereocenters. The predicted molar refractivity (Wildman–Crippen MR) is 125 cm³/mol. The number of rotatable bonds is 11. The number of carboxylic acid groups (broad SMARTS) is 1. The van der Waals surface area contributed by atoms with Crippen LogP contribution in [0.1, 0.15) is 43.2 Å². The number of aliphatic carboxylic acids is 1. The molecular formula is C27H33NO5. The van der Waals surface area contributed by atoms with Crippen LogP contribution in [-0.2, 0) is 27.2 Å². The first-order valence-corrected chi connectivity index (χ1v) is 12.0. The van der Waals surface area contributed by atoms with E-state index < -0.39 is 17.4 Å². The van der Waals surface area contributed by atoms with Crippen molar-refractivity contribution in [2.45, 2.75) is 50.5 Å². The number of esters is 1. The molecule has 2 aromatic rings. The molecule has 4 rings (SSSR count). The van der Waals surface area contributed by atoms with Gasteiger partial charge in [0.2, 0.25) is 0 Å². The molecule has 2 atom stereocenters. The number of likely N-dealkylation sites (tertiary alicyclic amines) is 1. The second-order valence-corrected chi connectivity index (χ2v) is 8.98. The molecule has 0 spiro atoms. The van der Waals surface area contributed by atoms with Crippen LogP contribution in [0.3, 0.4) is 0 Å². The Bertz CT molecular complexity index is 941. The molecule has 0 aromatic heterocycles. The summed E-state index contributed by atoms with van der Waals surface area (Å²) in [7, 11) is 0. The lowest BCUT2D eigenvalue weighted by molar-refractivity contribution is -0.181. The molecule has 1 saturated heterocycles. The first-order chi connectivity index (χ1) is 16.1. The van der Waals surface area contributed by atoms with E-state index in [4.69, 9.17) is 9.47 Å². The molecule has 1 heterocycles. The Balaban J connectivity index is 1.26. The number of carboxylic acids is 1. The zero-order chi connectivity index (χ0) is 23.1. The van der Waals surface area contributed by atoms with Crippen LogP contribution in [0.25, 0.3) is 0 Å². The van der Waals surface area contributed by atoms with Crippen LogP contribution in [0, 0.1) is 5.92 Å². The van der Waals surface area contributed by atoms with Crippen LogP contribution in [0.4, 0.5) is 0 Å². The average molecular weight is 452 g/mol. The maximum Gasteiger partial charge on any atom is 0.327 e. The van der Waals surface area contributed by atoms with Gasteiger partial charge in [0.15, 0.2) is 0 Å². The Kier molecular flexibility index (Phi) is 7.65. The van der Waals surface area contributed by atoms with Crippen molar-refractivity contribution in [3.05, 3.63) is 65.7 Å². The molecule has 2 aliphatic rings. The Labute approximate surface area is 195 Å². The number of carbonyl (C=O) groups is 2.